The van der Waals surface area contributed by atoms with Crippen LogP contribution in [0.4, 0.5) is 4.39 Å². The fraction of sp³-hybridized carbons (Fsp3) is 0.588. The number of hydrogen-bond acceptors (Lipinski definition) is 4. The molecule has 1 aliphatic heterocycles. The van der Waals surface area contributed by atoms with Gasteiger partial charge in [0.15, 0.2) is 0 Å². The summed E-state index contributed by atoms with van der Waals surface area (Å²) in [5, 5.41) is 12.9. The van der Waals surface area contributed by atoms with Crippen molar-refractivity contribution in [2.45, 2.75) is 31.9 Å². The summed E-state index contributed by atoms with van der Waals surface area (Å²) < 4.78 is 18.5. The predicted molar refractivity (Wildman–Crippen MR) is 85.5 cm³/mol. The lowest BCUT2D eigenvalue weighted by atomic mass is 10.0. The number of nitrogens with zero attached hydrogens (tertiary/aromatic N) is 1. The minimum absolute atomic E-state index is 0.0807. The van der Waals surface area contributed by atoms with Gasteiger partial charge in [0.2, 0.25) is 5.91 Å². The number of carbonyl (C=O) groups is 1. The van der Waals surface area contributed by atoms with Crippen LogP contribution >= 0.6 is 0 Å². The van der Waals surface area contributed by atoms with Gasteiger partial charge in [-0.25, -0.2) is 4.39 Å². The van der Waals surface area contributed by atoms with Crippen molar-refractivity contribution in [2.75, 3.05) is 32.8 Å². The number of nitrogens with one attached hydrogen (secondary N) is 1. The largest absolute Gasteiger partial charge is 0.388 e. The zero-order valence-electron chi connectivity index (χ0n) is 13.7. The number of rotatable bonds is 6. The first kappa shape index (κ1) is 17.8. The molecule has 0 aliphatic carbocycles. The molecule has 5 nitrogen and oxygen atoms in total. The second kappa shape index (κ2) is 7.86. The Kier molecular flexibility index (Phi) is 6.10. The molecule has 6 heteroatoms. The molecule has 1 aromatic carbocycles. The van der Waals surface area contributed by atoms with Gasteiger partial charge in [-0.05, 0) is 31.5 Å². The van der Waals surface area contributed by atoms with E-state index < -0.39 is 11.9 Å². The van der Waals surface area contributed by atoms with Crippen LogP contribution in [-0.4, -0.2) is 54.3 Å². The van der Waals surface area contributed by atoms with Gasteiger partial charge in [-0.3, -0.25) is 9.69 Å². The fourth-order valence-electron chi connectivity index (χ4n) is 2.67. The van der Waals surface area contributed by atoms with E-state index in [-0.39, 0.29) is 17.9 Å². The number of hydrogen-bond donors (Lipinski definition) is 2. The normalized spacial score (nSPS) is 17.7. The molecule has 1 unspecified atom stereocenters. The SMILES string of the molecule is CC(C)(CNC(=O)CC(O)c1cccc(F)c1)N1CCOCC1. The molecule has 128 valence electrons. The lowest BCUT2D eigenvalue weighted by Crippen LogP contribution is -2.55. The van der Waals surface area contributed by atoms with Gasteiger partial charge in [0.1, 0.15) is 5.82 Å². The van der Waals surface area contributed by atoms with E-state index in [1.54, 1.807) is 6.07 Å². The minimum Gasteiger partial charge on any atom is -0.388 e. The Labute approximate surface area is 136 Å². The van der Waals surface area contributed by atoms with Crippen molar-refractivity contribution < 1.29 is 19.0 Å². The molecule has 1 fully saturated rings. The Bertz CT molecular complexity index is 530. The molecular formula is C17H25FN2O3. The number of amides is 1. The highest BCUT2D eigenvalue weighted by Gasteiger charge is 2.28. The first-order chi connectivity index (χ1) is 10.9. The molecule has 1 aromatic rings. The topological polar surface area (TPSA) is 61.8 Å². The number of aliphatic hydroxyl groups is 1. The molecule has 0 bridgehead atoms. The summed E-state index contributed by atoms with van der Waals surface area (Å²) in [6.45, 7) is 7.72. The maximum Gasteiger partial charge on any atom is 0.223 e. The standard InChI is InChI=1S/C17H25FN2O3/c1-17(2,20-6-8-23-9-7-20)12-19-16(22)11-15(21)13-4-3-5-14(18)10-13/h3-5,10,15,21H,6-9,11-12H2,1-2H3,(H,19,22). The maximum absolute atomic E-state index is 13.1. The summed E-state index contributed by atoms with van der Waals surface area (Å²) in [7, 11) is 0. The van der Waals surface area contributed by atoms with E-state index in [4.69, 9.17) is 4.74 Å². The number of morpholine rings is 1. The van der Waals surface area contributed by atoms with E-state index in [9.17, 15) is 14.3 Å². The second-order valence-electron chi connectivity index (χ2n) is 6.46. The highest BCUT2D eigenvalue weighted by molar-refractivity contribution is 5.76. The number of carbonyl (C=O) groups excluding carboxylic acids is 1. The summed E-state index contributed by atoms with van der Waals surface area (Å²) in [6, 6.07) is 5.68. The predicted octanol–water partition coefficient (Wildman–Crippen LogP) is 1.48. The Hall–Kier alpha value is -1.50. The van der Waals surface area contributed by atoms with Gasteiger partial charge in [0.05, 0.1) is 25.7 Å². The highest BCUT2D eigenvalue weighted by atomic mass is 19.1. The van der Waals surface area contributed by atoms with Gasteiger partial charge >= 0.3 is 0 Å². The van der Waals surface area contributed by atoms with Crippen molar-refractivity contribution in [2.24, 2.45) is 0 Å². The van der Waals surface area contributed by atoms with Crippen LogP contribution in [0, 0.1) is 5.82 Å². The molecule has 1 aliphatic rings. The molecule has 0 spiro atoms. The Morgan fingerprint density at radius 1 is 1.43 bits per heavy atom. The van der Waals surface area contributed by atoms with Crippen LogP contribution in [0.5, 0.6) is 0 Å². The van der Waals surface area contributed by atoms with Crippen LogP contribution in [0.1, 0.15) is 31.9 Å². The van der Waals surface area contributed by atoms with Crippen LogP contribution in [0.15, 0.2) is 24.3 Å². The van der Waals surface area contributed by atoms with E-state index in [0.717, 1.165) is 13.1 Å². The smallest absolute Gasteiger partial charge is 0.223 e. The maximum atomic E-state index is 13.1. The van der Waals surface area contributed by atoms with E-state index in [1.807, 2.05) is 0 Å². The molecular weight excluding hydrogens is 299 g/mol. The van der Waals surface area contributed by atoms with Crippen LogP contribution in [-0.2, 0) is 9.53 Å². The number of halogens is 1. The third kappa shape index (κ3) is 5.27. The van der Waals surface area contributed by atoms with Crippen molar-refractivity contribution in [3.63, 3.8) is 0 Å². The first-order valence-electron chi connectivity index (χ1n) is 7.91. The molecule has 1 amide bonds. The Morgan fingerprint density at radius 3 is 2.78 bits per heavy atom. The molecule has 1 saturated heterocycles. The lowest BCUT2D eigenvalue weighted by molar-refractivity contribution is -0.123. The van der Waals surface area contributed by atoms with Crippen LogP contribution < -0.4 is 5.32 Å². The molecule has 1 atom stereocenters. The van der Waals surface area contributed by atoms with Gasteiger partial charge in [0.25, 0.3) is 0 Å². The Morgan fingerprint density at radius 2 is 2.13 bits per heavy atom. The fourth-order valence-corrected chi connectivity index (χ4v) is 2.67. The molecule has 0 aromatic heterocycles. The van der Waals surface area contributed by atoms with Crippen molar-refractivity contribution in [1.82, 2.24) is 10.2 Å². The van der Waals surface area contributed by atoms with E-state index in [0.29, 0.717) is 25.3 Å². The van der Waals surface area contributed by atoms with Crippen molar-refractivity contribution in [3.8, 4) is 0 Å². The monoisotopic (exact) mass is 324 g/mol. The van der Waals surface area contributed by atoms with Gasteiger partial charge in [0, 0.05) is 25.2 Å². The summed E-state index contributed by atoms with van der Waals surface area (Å²) in [5.74, 6) is -0.668. The molecule has 0 radical (unpaired) electrons. The van der Waals surface area contributed by atoms with Crippen molar-refractivity contribution in [1.29, 1.82) is 0 Å². The summed E-state index contributed by atoms with van der Waals surface area (Å²) in [5.41, 5.74) is 0.232. The van der Waals surface area contributed by atoms with Gasteiger partial charge < -0.3 is 15.2 Å². The van der Waals surface area contributed by atoms with E-state index >= 15 is 0 Å². The van der Waals surface area contributed by atoms with Gasteiger partial charge in [-0.1, -0.05) is 12.1 Å². The molecule has 23 heavy (non-hydrogen) atoms. The third-order valence-corrected chi connectivity index (χ3v) is 4.20. The van der Waals surface area contributed by atoms with Crippen molar-refractivity contribution in [3.05, 3.63) is 35.6 Å². The molecule has 2 N–H and O–H groups in total. The zero-order valence-corrected chi connectivity index (χ0v) is 13.7. The minimum atomic E-state index is -1.00. The summed E-state index contributed by atoms with van der Waals surface area (Å²) >= 11 is 0. The molecule has 1 heterocycles. The lowest BCUT2D eigenvalue weighted by Gasteiger charge is -2.40. The average Bonchev–Trinajstić information content (AvgIpc) is 2.54. The number of benzene rings is 1. The summed E-state index contributed by atoms with van der Waals surface area (Å²) in [4.78, 5) is 14.3. The first-order valence-corrected chi connectivity index (χ1v) is 7.91. The number of aliphatic hydroxyl groups excluding tert-OH is 1. The van der Waals surface area contributed by atoms with Gasteiger partial charge in [-0.2, -0.15) is 0 Å². The van der Waals surface area contributed by atoms with Crippen molar-refractivity contribution >= 4 is 5.91 Å². The number of ether oxygens (including phenoxy) is 1. The third-order valence-electron chi connectivity index (χ3n) is 4.20. The van der Waals surface area contributed by atoms with Crippen LogP contribution in [0.3, 0.4) is 0 Å². The Balaban J connectivity index is 1.82. The van der Waals surface area contributed by atoms with E-state index in [1.165, 1.54) is 18.2 Å². The highest BCUT2D eigenvalue weighted by Crippen LogP contribution is 2.18. The molecule has 0 saturated carbocycles. The molecule has 2 rings (SSSR count). The average molecular weight is 324 g/mol. The van der Waals surface area contributed by atoms with E-state index in [2.05, 4.69) is 24.1 Å². The summed E-state index contributed by atoms with van der Waals surface area (Å²) in [6.07, 6.45) is -1.08. The zero-order chi connectivity index (χ0) is 16.9. The van der Waals surface area contributed by atoms with Gasteiger partial charge in [-0.15, -0.1) is 0 Å². The van der Waals surface area contributed by atoms with Crippen LogP contribution in [0.25, 0.3) is 0 Å². The van der Waals surface area contributed by atoms with Crippen LogP contribution in [0.2, 0.25) is 0 Å². The quantitative estimate of drug-likeness (QED) is 0.832. The second-order valence-corrected chi connectivity index (χ2v) is 6.46.